The summed E-state index contributed by atoms with van der Waals surface area (Å²) in [5.41, 5.74) is 3.09. The maximum atomic E-state index is 10.5. The molecule has 0 unspecified atom stereocenters. The van der Waals surface area contributed by atoms with Crippen molar-refractivity contribution in [3.63, 3.8) is 0 Å². The largest absolute Gasteiger partial charge is 0.506 e. The number of phenolic OH excluding ortho intramolecular Hbond substituents is 2. The maximum Gasteiger partial charge on any atom is 0.137 e. The second-order valence-corrected chi connectivity index (χ2v) is 8.15. The molecule has 0 amide bonds. The van der Waals surface area contributed by atoms with E-state index in [1.165, 1.54) is 0 Å². The quantitative estimate of drug-likeness (QED) is 0.294. The average Bonchev–Trinajstić information content (AvgIpc) is 2.74. The minimum atomic E-state index is 0.153. The number of aromatic hydroxyl groups is 2. The molecule has 0 fully saturated rings. The van der Waals surface area contributed by atoms with Crippen molar-refractivity contribution in [2.45, 2.75) is 0 Å². The van der Waals surface area contributed by atoms with E-state index in [0.29, 0.717) is 31.6 Å². The number of hydrogen-bond acceptors (Lipinski definition) is 3. The molecular formula is C24H16Br2O3. The van der Waals surface area contributed by atoms with Crippen molar-refractivity contribution < 1.29 is 14.9 Å². The Morgan fingerprint density at radius 1 is 0.552 bits per heavy atom. The van der Waals surface area contributed by atoms with Crippen LogP contribution in [0, 0.1) is 0 Å². The Balaban J connectivity index is 1.75. The third-order valence-corrected chi connectivity index (χ3v) is 5.69. The van der Waals surface area contributed by atoms with Crippen LogP contribution >= 0.6 is 31.9 Å². The third kappa shape index (κ3) is 4.16. The van der Waals surface area contributed by atoms with E-state index in [-0.39, 0.29) is 11.5 Å². The lowest BCUT2D eigenvalue weighted by atomic mass is 10.0. The minimum absolute atomic E-state index is 0.153. The summed E-state index contributed by atoms with van der Waals surface area (Å²) in [6, 6.07) is 26.2. The first-order valence-corrected chi connectivity index (χ1v) is 10.5. The molecule has 29 heavy (non-hydrogen) atoms. The van der Waals surface area contributed by atoms with Gasteiger partial charge in [0.05, 0.1) is 8.95 Å². The van der Waals surface area contributed by atoms with Crippen LogP contribution in [0.4, 0.5) is 0 Å². The molecule has 0 aliphatic heterocycles. The number of rotatable bonds is 4. The molecule has 3 nitrogen and oxygen atoms in total. The lowest BCUT2D eigenvalue weighted by Crippen LogP contribution is -1.89. The van der Waals surface area contributed by atoms with Crippen molar-refractivity contribution in [3.05, 3.63) is 93.9 Å². The molecule has 4 aromatic rings. The molecule has 0 aliphatic carbocycles. The van der Waals surface area contributed by atoms with Crippen LogP contribution in [0.3, 0.4) is 0 Å². The SMILES string of the molecule is Oc1c(Br)cc(Oc2cc(Br)c(O)c(-c3ccccc3)c2)cc1-c1ccccc1. The van der Waals surface area contributed by atoms with Gasteiger partial charge in [0.1, 0.15) is 23.0 Å². The van der Waals surface area contributed by atoms with Gasteiger partial charge in [-0.05, 0) is 67.3 Å². The van der Waals surface area contributed by atoms with E-state index >= 15 is 0 Å². The Morgan fingerprint density at radius 3 is 1.31 bits per heavy atom. The molecule has 0 aromatic heterocycles. The van der Waals surface area contributed by atoms with Crippen molar-refractivity contribution in [3.8, 4) is 45.3 Å². The number of phenols is 2. The monoisotopic (exact) mass is 510 g/mol. The Hall–Kier alpha value is -2.76. The highest BCUT2D eigenvalue weighted by molar-refractivity contribution is 9.11. The summed E-state index contributed by atoms with van der Waals surface area (Å²) in [5, 5.41) is 20.9. The fourth-order valence-corrected chi connectivity index (χ4v) is 3.96. The maximum absolute atomic E-state index is 10.5. The lowest BCUT2D eigenvalue weighted by molar-refractivity contribution is 0.457. The normalized spacial score (nSPS) is 10.7. The van der Waals surface area contributed by atoms with E-state index in [2.05, 4.69) is 31.9 Å². The first kappa shape index (κ1) is 19.6. The Morgan fingerprint density at radius 2 is 0.931 bits per heavy atom. The Labute approximate surface area is 185 Å². The van der Waals surface area contributed by atoms with Crippen molar-refractivity contribution >= 4 is 31.9 Å². The van der Waals surface area contributed by atoms with Crippen LogP contribution in [0.15, 0.2) is 93.9 Å². The number of halogens is 2. The summed E-state index contributed by atoms with van der Waals surface area (Å²) in [7, 11) is 0. The molecule has 4 aromatic carbocycles. The summed E-state index contributed by atoms with van der Waals surface area (Å²) >= 11 is 6.81. The first-order valence-electron chi connectivity index (χ1n) is 8.86. The molecule has 5 heteroatoms. The molecule has 0 radical (unpaired) electrons. The fraction of sp³-hybridized carbons (Fsp3) is 0. The van der Waals surface area contributed by atoms with Crippen LogP contribution in [-0.2, 0) is 0 Å². The number of benzene rings is 4. The number of hydrogen-bond donors (Lipinski definition) is 2. The summed E-state index contributed by atoms with van der Waals surface area (Å²) in [6.07, 6.45) is 0. The van der Waals surface area contributed by atoms with Crippen LogP contribution in [0.2, 0.25) is 0 Å². The molecule has 0 bridgehead atoms. The van der Waals surface area contributed by atoms with Crippen LogP contribution in [0.5, 0.6) is 23.0 Å². The Bertz CT molecular complexity index is 1070. The molecule has 0 aliphatic rings. The van der Waals surface area contributed by atoms with Gasteiger partial charge in [-0.25, -0.2) is 0 Å². The molecule has 0 atom stereocenters. The van der Waals surface area contributed by atoms with Gasteiger partial charge in [0.15, 0.2) is 0 Å². The van der Waals surface area contributed by atoms with E-state index < -0.39 is 0 Å². The van der Waals surface area contributed by atoms with Crippen molar-refractivity contribution in [2.24, 2.45) is 0 Å². The van der Waals surface area contributed by atoms with E-state index in [0.717, 1.165) is 11.1 Å². The molecule has 144 valence electrons. The fourth-order valence-electron chi connectivity index (χ4n) is 3.08. The summed E-state index contributed by atoms with van der Waals surface area (Å²) in [6.45, 7) is 0. The van der Waals surface area contributed by atoms with Crippen LogP contribution in [-0.4, -0.2) is 10.2 Å². The average molecular weight is 512 g/mol. The van der Waals surface area contributed by atoms with Gasteiger partial charge in [0.2, 0.25) is 0 Å². The van der Waals surface area contributed by atoms with Crippen LogP contribution in [0.1, 0.15) is 0 Å². The zero-order chi connectivity index (χ0) is 20.4. The van der Waals surface area contributed by atoms with E-state index in [4.69, 9.17) is 4.74 Å². The van der Waals surface area contributed by atoms with Gasteiger partial charge in [-0.1, -0.05) is 60.7 Å². The van der Waals surface area contributed by atoms with E-state index in [1.54, 1.807) is 24.3 Å². The predicted molar refractivity (Wildman–Crippen MR) is 123 cm³/mol. The minimum Gasteiger partial charge on any atom is -0.506 e. The van der Waals surface area contributed by atoms with Crippen molar-refractivity contribution in [2.75, 3.05) is 0 Å². The zero-order valence-electron chi connectivity index (χ0n) is 15.1. The van der Waals surface area contributed by atoms with Gasteiger partial charge >= 0.3 is 0 Å². The van der Waals surface area contributed by atoms with Gasteiger partial charge < -0.3 is 14.9 Å². The topological polar surface area (TPSA) is 49.7 Å². The number of ether oxygens (including phenoxy) is 1. The van der Waals surface area contributed by atoms with E-state index in [1.807, 2.05) is 60.7 Å². The molecule has 0 saturated carbocycles. The van der Waals surface area contributed by atoms with Gasteiger partial charge in [-0.3, -0.25) is 0 Å². The van der Waals surface area contributed by atoms with Crippen molar-refractivity contribution in [1.82, 2.24) is 0 Å². The summed E-state index contributed by atoms with van der Waals surface area (Å²) in [4.78, 5) is 0. The smallest absolute Gasteiger partial charge is 0.137 e. The summed E-state index contributed by atoms with van der Waals surface area (Å²) < 4.78 is 7.17. The van der Waals surface area contributed by atoms with Crippen LogP contribution < -0.4 is 4.74 Å². The van der Waals surface area contributed by atoms with Crippen molar-refractivity contribution in [1.29, 1.82) is 0 Å². The molecular weight excluding hydrogens is 496 g/mol. The zero-order valence-corrected chi connectivity index (χ0v) is 18.3. The summed E-state index contributed by atoms with van der Waals surface area (Å²) in [5.74, 6) is 1.43. The predicted octanol–water partition coefficient (Wildman–Crippen LogP) is 7.75. The van der Waals surface area contributed by atoms with E-state index in [9.17, 15) is 10.2 Å². The highest BCUT2D eigenvalue weighted by Crippen LogP contribution is 2.43. The standard InChI is InChI=1S/C24H16Br2O3/c25-21-13-17(11-19(23(21)27)15-7-3-1-4-8-15)29-18-12-20(24(28)22(26)14-18)16-9-5-2-6-10-16/h1-14,27-28H. The Kier molecular flexibility index (Phi) is 5.60. The molecule has 0 saturated heterocycles. The molecule has 0 heterocycles. The molecule has 0 spiro atoms. The second-order valence-electron chi connectivity index (χ2n) is 6.44. The van der Waals surface area contributed by atoms with Gasteiger partial charge in [0, 0.05) is 11.1 Å². The van der Waals surface area contributed by atoms with Crippen LogP contribution in [0.25, 0.3) is 22.3 Å². The molecule has 4 rings (SSSR count). The highest BCUT2D eigenvalue weighted by atomic mass is 79.9. The second kappa shape index (κ2) is 8.31. The van der Waals surface area contributed by atoms with Gasteiger partial charge in [-0.2, -0.15) is 0 Å². The lowest BCUT2D eigenvalue weighted by Gasteiger charge is -2.14. The van der Waals surface area contributed by atoms with Gasteiger partial charge in [-0.15, -0.1) is 0 Å². The molecule has 2 N–H and O–H groups in total. The third-order valence-electron chi connectivity index (χ3n) is 4.48. The highest BCUT2D eigenvalue weighted by Gasteiger charge is 2.14. The van der Waals surface area contributed by atoms with Gasteiger partial charge in [0.25, 0.3) is 0 Å². The first-order chi connectivity index (χ1) is 14.0.